The molecule has 0 bridgehead atoms. The van der Waals surface area contributed by atoms with E-state index in [2.05, 4.69) is 15.5 Å². The zero-order chi connectivity index (χ0) is 21.1. The van der Waals surface area contributed by atoms with Crippen molar-refractivity contribution >= 4 is 27.5 Å². The van der Waals surface area contributed by atoms with E-state index in [9.17, 15) is 13.2 Å². The normalized spacial score (nSPS) is 22.0. The number of rotatable bonds is 7. The second-order valence-electron chi connectivity index (χ2n) is 7.52. The van der Waals surface area contributed by atoms with Crippen molar-refractivity contribution in [2.45, 2.75) is 24.1 Å². The van der Waals surface area contributed by atoms with Gasteiger partial charge in [-0.15, -0.1) is 10.2 Å². The maximum absolute atomic E-state index is 12.2. The standard InChI is InChI=1S/C19H24N4O5S2/c1-23-17(8-13-6-7-30(25,26)12-13)21-22-19(23)29-11-18(24)20-9-14-10-27-15-4-2-3-5-16(15)28-14/h2-5,13-14H,6-12H2,1H3,(H,20,24)/t13-,14-/m1/s1. The highest BCUT2D eigenvalue weighted by molar-refractivity contribution is 7.99. The SMILES string of the molecule is Cn1c(C[C@H]2CCS(=O)(=O)C2)nnc1SCC(=O)NC[C@@H]1COc2ccccc2O1. The van der Waals surface area contributed by atoms with Crippen LogP contribution in [0, 0.1) is 5.92 Å². The fraction of sp³-hybridized carbons (Fsp3) is 0.526. The highest BCUT2D eigenvalue weighted by atomic mass is 32.2. The lowest BCUT2D eigenvalue weighted by Gasteiger charge is -2.26. The minimum absolute atomic E-state index is 0.0851. The Morgan fingerprint density at radius 3 is 2.87 bits per heavy atom. The molecule has 0 unspecified atom stereocenters. The van der Waals surface area contributed by atoms with Crippen LogP contribution < -0.4 is 14.8 Å². The Bertz CT molecular complexity index is 1020. The second kappa shape index (κ2) is 8.84. The van der Waals surface area contributed by atoms with Crippen molar-refractivity contribution in [1.82, 2.24) is 20.1 Å². The molecule has 162 valence electrons. The molecule has 2 atom stereocenters. The van der Waals surface area contributed by atoms with Gasteiger partial charge in [0.15, 0.2) is 26.5 Å². The number of aromatic nitrogens is 3. The highest BCUT2D eigenvalue weighted by Gasteiger charge is 2.29. The van der Waals surface area contributed by atoms with Crippen LogP contribution in [0.4, 0.5) is 0 Å². The number of amides is 1. The van der Waals surface area contributed by atoms with Crippen LogP contribution in [-0.2, 0) is 28.1 Å². The summed E-state index contributed by atoms with van der Waals surface area (Å²) < 4.78 is 36.6. The molecule has 1 N–H and O–H groups in total. The number of benzene rings is 1. The van der Waals surface area contributed by atoms with Crippen LogP contribution in [-0.4, -0.2) is 65.6 Å². The van der Waals surface area contributed by atoms with Crippen LogP contribution in [0.2, 0.25) is 0 Å². The second-order valence-corrected chi connectivity index (χ2v) is 10.7. The molecule has 9 nitrogen and oxygen atoms in total. The number of hydrogen-bond acceptors (Lipinski definition) is 8. The van der Waals surface area contributed by atoms with Gasteiger partial charge >= 0.3 is 0 Å². The van der Waals surface area contributed by atoms with Crippen molar-refractivity contribution < 1.29 is 22.7 Å². The van der Waals surface area contributed by atoms with Crippen molar-refractivity contribution in [1.29, 1.82) is 0 Å². The molecule has 1 fully saturated rings. The molecule has 1 aromatic heterocycles. The molecule has 0 aliphatic carbocycles. The third kappa shape index (κ3) is 5.07. The number of carbonyl (C=O) groups is 1. The Labute approximate surface area is 179 Å². The molecule has 2 aliphatic heterocycles. The van der Waals surface area contributed by atoms with Crippen LogP contribution in [0.25, 0.3) is 0 Å². The number of sulfone groups is 1. The van der Waals surface area contributed by atoms with Gasteiger partial charge in [0.25, 0.3) is 0 Å². The summed E-state index contributed by atoms with van der Waals surface area (Å²) in [5.74, 6) is 2.75. The van der Waals surface area contributed by atoms with Crippen molar-refractivity contribution in [3.8, 4) is 11.5 Å². The summed E-state index contributed by atoms with van der Waals surface area (Å²) in [4.78, 5) is 12.2. The van der Waals surface area contributed by atoms with Crippen LogP contribution in [0.3, 0.4) is 0 Å². The van der Waals surface area contributed by atoms with Gasteiger partial charge in [-0.1, -0.05) is 23.9 Å². The highest BCUT2D eigenvalue weighted by Crippen LogP contribution is 2.30. The van der Waals surface area contributed by atoms with Crippen molar-refractivity contribution in [2.75, 3.05) is 30.4 Å². The third-order valence-electron chi connectivity index (χ3n) is 5.15. The van der Waals surface area contributed by atoms with Gasteiger partial charge in [-0.2, -0.15) is 0 Å². The summed E-state index contributed by atoms with van der Waals surface area (Å²) in [6, 6.07) is 7.45. The molecule has 0 saturated carbocycles. The number of nitrogens with zero attached hydrogens (tertiary/aromatic N) is 3. The molecule has 30 heavy (non-hydrogen) atoms. The molecule has 4 rings (SSSR count). The summed E-state index contributed by atoms with van der Waals surface area (Å²) in [6.45, 7) is 0.738. The van der Waals surface area contributed by atoms with Crippen LogP contribution in [0.1, 0.15) is 12.2 Å². The van der Waals surface area contributed by atoms with Crippen molar-refractivity contribution in [3.63, 3.8) is 0 Å². The van der Waals surface area contributed by atoms with E-state index >= 15 is 0 Å². The minimum atomic E-state index is -2.91. The third-order valence-corrected chi connectivity index (χ3v) is 8.01. The number of carbonyl (C=O) groups excluding carboxylic acids is 1. The molecule has 1 amide bonds. The Kier molecular flexibility index (Phi) is 6.19. The largest absolute Gasteiger partial charge is 0.486 e. The van der Waals surface area contributed by atoms with E-state index in [1.807, 2.05) is 35.9 Å². The molecular weight excluding hydrogens is 428 g/mol. The smallest absolute Gasteiger partial charge is 0.230 e. The molecule has 3 heterocycles. The lowest BCUT2D eigenvalue weighted by atomic mass is 10.1. The molecule has 11 heteroatoms. The van der Waals surface area contributed by atoms with Gasteiger partial charge in [-0.3, -0.25) is 4.79 Å². The first-order valence-corrected chi connectivity index (χ1v) is 12.6. The maximum atomic E-state index is 12.2. The van der Waals surface area contributed by atoms with Crippen molar-refractivity contribution in [3.05, 3.63) is 30.1 Å². The maximum Gasteiger partial charge on any atom is 0.230 e. The van der Waals surface area contributed by atoms with E-state index in [-0.39, 0.29) is 35.2 Å². The molecule has 0 spiro atoms. The Hall–Kier alpha value is -2.27. The first-order valence-electron chi connectivity index (χ1n) is 9.76. The number of ether oxygens (including phenoxy) is 2. The monoisotopic (exact) mass is 452 g/mol. The molecule has 1 saturated heterocycles. The van der Waals surface area contributed by atoms with Gasteiger partial charge in [0.1, 0.15) is 18.5 Å². The average molecular weight is 453 g/mol. The van der Waals surface area contributed by atoms with E-state index in [0.29, 0.717) is 42.6 Å². The predicted molar refractivity (Wildman–Crippen MR) is 112 cm³/mol. The molecule has 0 radical (unpaired) electrons. The number of para-hydroxylation sites is 2. The molecule has 1 aromatic carbocycles. The van der Waals surface area contributed by atoms with Gasteiger partial charge in [-0.05, 0) is 24.5 Å². The number of hydrogen-bond donors (Lipinski definition) is 1. The quantitative estimate of drug-likeness (QED) is 0.615. The summed E-state index contributed by atoms with van der Waals surface area (Å²) in [5, 5.41) is 11.8. The molecular formula is C19H24N4O5S2. The fourth-order valence-electron chi connectivity index (χ4n) is 3.51. The molecule has 2 aliphatic rings. The Morgan fingerprint density at radius 2 is 2.10 bits per heavy atom. The summed E-state index contributed by atoms with van der Waals surface area (Å²) >= 11 is 1.30. The van der Waals surface area contributed by atoms with Crippen LogP contribution in [0.15, 0.2) is 29.4 Å². The Morgan fingerprint density at radius 1 is 1.30 bits per heavy atom. The lowest BCUT2D eigenvalue weighted by molar-refractivity contribution is -0.119. The first kappa shape index (κ1) is 21.0. The number of thioether (sulfide) groups is 1. The van der Waals surface area contributed by atoms with Crippen molar-refractivity contribution in [2.24, 2.45) is 13.0 Å². The molecule has 2 aromatic rings. The summed E-state index contributed by atoms with van der Waals surface area (Å²) in [6.07, 6.45) is 1.01. The van der Waals surface area contributed by atoms with Gasteiger partial charge < -0.3 is 19.4 Å². The van der Waals surface area contributed by atoms with E-state index < -0.39 is 9.84 Å². The van der Waals surface area contributed by atoms with E-state index in [1.54, 1.807) is 0 Å². The lowest BCUT2D eigenvalue weighted by Crippen LogP contribution is -2.41. The predicted octanol–water partition coefficient (Wildman–Crippen LogP) is 0.841. The van der Waals surface area contributed by atoms with E-state index in [1.165, 1.54) is 11.8 Å². The van der Waals surface area contributed by atoms with E-state index in [0.717, 1.165) is 5.82 Å². The van der Waals surface area contributed by atoms with Gasteiger partial charge in [-0.25, -0.2) is 8.42 Å². The Balaban J connectivity index is 1.22. The van der Waals surface area contributed by atoms with Gasteiger partial charge in [0.2, 0.25) is 5.91 Å². The minimum Gasteiger partial charge on any atom is -0.486 e. The number of fused-ring (bicyclic) bond motifs is 1. The number of nitrogens with one attached hydrogen (secondary N) is 1. The summed E-state index contributed by atoms with van der Waals surface area (Å²) in [7, 11) is -1.07. The van der Waals surface area contributed by atoms with Gasteiger partial charge in [0.05, 0.1) is 23.8 Å². The zero-order valence-corrected chi connectivity index (χ0v) is 18.2. The summed E-state index contributed by atoms with van der Waals surface area (Å²) in [5.41, 5.74) is 0. The topological polar surface area (TPSA) is 112 Å². The average Bonchev–Trinajstić information content (AvgIpc) is 3.26. The van der Waals surface area contributed by atoms with Crippen LogP contribution in [0.5, 0.6) is 11.5 Å². The zero-order valence-electron chi connectivity index (χ0n) is 16.6. The van der Waals surface area contributed by atoms with E-state index in [4.69, 9.17) is 9.47 Å². The van der Waals surface area contributed by atoms with Gasteiger partial charge in [0, 0.05) is 13.5 Å². The van der Waals surface area contributed by atoms with Crippen LogP contribution >= 0.6 is 11.8 Å². The fourth-order valence-corrected chi connectivity index (χ4v) is 6.13. The first-order chi connectivity index (χ1) is 14.4.